The van der Waals surface area contributed by atoms with Gasteiger partial charge in [0.1, 0.15) is 0 Å². The van der Waals surface area contributed by atoms with E-state index in [0.717, 1.165) is 23.1 Å². The van der Waals surface area contributed by atoms with Crippen molar-refractivity contribution in [2.45, 2.75) is 26.8 Å². The van der Waals surface area contributed by atoms with Gasteiger partial charge >= 0.3 is 0 Å². The lowest BCUT2D eigenvalue weighted by atomic mass is 10.3. The first-order valence-corrected chi connectivity index (χ1v) is 4.29. The van der Waals surface area contributed by atoms with Gasteiger partial charge in [-0.3, -0.25) is 4.68 Å². The first kappa shape index (κ1) is 7.79. The van der Waals surface area contributed by atoms with Gasteiger partial charge in [0.25, 0.3) is 0 Å². The van der Waals surface area contributed by atoms with Crippen LogP contribution in [0.1, 0.15) is 19.5 Å². The molecule has 0 N–H and O–H groups in total. The first-order valence-electron chi connectivity index (χ1n) is 3.49. The Labute approximate surface area is 69.4 Å². The summed E-state index contributed by atoms with van der Waals surface area (Å²) in [6.07, 6.45) is 3.01. The Bertz CT molecular complexity index is 217. The van der Waals surface area contributed by atoms with Gasteiger partial charge in [0, 0.05) is 12.7 Å². The van der Waals surface area contributed by atoms with E-state index in [-0.39, 0.29) is 0 Å². The van der Waals surface area contributed by atoms with E-state index < -0.39 is 0 Å². The average molecular weight is 203 g/mol. The largest absolute Gasteiger partial charge is 0.272 e. The van der Waals surface area contributed by atoms with Gasteiger partial charge in [-0.05, 0) is 29.3 Å². The molecular formula is C7H11BrN2. The van der Waals surface area contributed by atoms with Gasteiger partial charge in [-0.15, -0.1) is 0 Å². The fourth-order valence-corrected chi connectivity index (χ4v) is 1.43. The Balaban J connectivity index is 2.92. The monoisotopic (exact) mass is 202 g/mol. The summed E-state index contributed by atoms with van der Waals surface area (Å²) < 4.78 is 3.06. The molecule has 3 heteroatoms. The zero-order valence-electron chi connectivity index (χ0n) is 6.26. The van der Waals surface area contributed by atoms with E-state index >= 15 is 0 Å². The van der Waals surface area contributed by atoms with Crippen molar-refractivity contribution in [3.05, 3.63) is 16.4 Å². The minimum Gasteiger partial charge on any atom is -0.272 e. The molecule has 1 heterocycles. The Morgan fingerprint density at radius 3 is 2.60 bits per heavy atom. The van der Waals surface area contributed by atoms with Crippen LogP contribution in [-0.4, -0.2) is 9.78 Å². The van der Waals surface area contributed by atoms with Crippen molar-refractivity contribution in [2.75, 3.05) is 0 Å². The smallest absolute Gasteiger partial charge is 0.0763 e. The molecule has 0 aliphatic heterocycles. The summed E-state index contributed by atoms with van der Waals surface area (Å²) in [5.41, 5.74) is 1.14. The molecule has 0 saturated heterocycles. The molecule has 56 valence electrons. The maximum absolute atomic E-state index is 4.32. The van der Waals surface area contributed by atoms with E-state index in [2.05, 4.69) is 34.9 Å². The predicted octanol–water partition coefficient (Wildman–Crippen LogP) is 2.23. The highest BCUT2D eigenvalue weighted by Gasteiger charge is 2.01. The highest BCUT2D eigenvalue weighted by atomic mass is 79.9. The second-order valence-corrected chi connectivity index (χ2v) is 2.99. The predicted molar refractivity (Wildman–Crippen MR) is 45.0 cm³/mol. The molecule has 0 fully saturated rings. The lowest BCUT2D eigenvalue weighted by Gasteiger charge is -1.90. The van der Waals surface area contributed by atoms with Gasteiger partial charge in [-0.2, -0.15) is 5.10 Å². The molecule has 0 aliphatic carbocycles. The number of hydrogen-bond acceptors (Lipinski definition) is 1. The molecule has 0 unspecified atom stereocenters. The number of halogens is 1. The van der Waals surface area contributed by atoms with Crippen molar-refractivity contribution >= 4 is 15.9 Å². The van der Waals surface area contributed by atoms with Gasteiger partial charge in [0.15, 0.2) is 0 Å². The molecule has 0 aromatic carbocycles. The van der Waals surface area contributed by atoms with Gasteiger partial charge in [0.05, 0.1) is 10.2 Å². The van der Waals surface area contributed by atoms with Crippen LogP contribution in [0.3, 0.4) is 0 Å². The lowest BCUT2D eigenvalue weighted by Crippen LogP contribution is -1.94. The minimum atomic E-state index is 0.943. The van der Waals surface area contributed by atoms with Crippen LogP contribution in [0.5, 0.6) is 0 Å². The Hall–Kier alpha value is -0.310. The first-order chi connectivity index (χ1) is 4.77. The maximum Gasteiger partial charge on any atom is 0.0763 e. The molecule has 0 bridgehead atoms. The van der Waals surface area contributed by atoms with Crippen LogP contribution in [0.4, 0.5) is 0 Å². The molecule has 0 amide bonds. The zero-order chi connectivity index (χ0) is 7.56. The van der Waals surface area contributed by atoms with Crippen molar-refractivity contribution in [1.82, 2.24) is 9.78 Å². The molecule has 10 heavy (non-hydrogen) atoms. The molecule has 0 radical (unpaired) electrons. The molecule has 2 nitrogen and oxygen atoms in total. The van der Waals surface area contributed by atoms with Crippen LogP contribution in [0.15, 0.2) is 10.7 Å². The van der Waals surface area contributed by atoms with Crippen LogP contribution in [-0.2, 0) is 13.0 Å². The lowest BCUT2D eigenvalue weighted by molar-refractivity contribution is 0.648. The number of hydrogen-bond donors (Lipinski definition) is 0. The number of rotatable bonds is 2. The third kappa shape index (κ3) is 1.40. The van der Waals surface area contributed by atoms with E-state index in [0.29, 0.717) is 0 Å². The Morgan fingerprint density at radius 2 is 2.30 bits per heavy atom. The fourth-order valence-electron chi connectivity index (χ4n) is 0.839. The third-order valence-electron chi connectivity index (χ3n) is 1.45. The van der Waals surface area contributed by atoms with Crippen molar-refractivity contribution in [3.63, 3.8) is 0 Å². The molecule has 1 rings (SSSR count). The van der Waals surface area contributed by atoms with Crippen LogP contribution in [0.2, 0.25) is 0 Å². The van der Waals surface area contributed by atoms with E-state index in [1.54, 1.807) is 0 Å². The summed E-state index contributed by atoms with van der Waals surface area (Å²) in [5.74, 6) is 0. The van der Waals surface area contributed by atoms with E-state index in [9.17, 15) is 0 Å². The summed E-state index contributed by atoms with van der Waals surface area (Å²) >= 11 is 3.43. The summed E-state index contributed by atoms with van der Waals surface area (Å²) in [6.45, 7) is 5.13. The van der Waals surface area contributed by atoms with Gasteiger partial charge in [-0.25, -0.2) is 0 Å². The van der Waals surface area contributed by atoms with E-state index in [4.69, 9.17) is 0 Å². The van der Waals surface area contributed by atoms with Gasteiger partial charge < -0.3 is 0 Å². The zero-order valence-corrected chi connectivity index (χ0v) is 7.85. The molecule has 0 saturated carbocycles. The summed E-state index contributed by atoms with van der Waals surface area (Å²) in [5, 5.41) is 4.32. The quantitative estimate of drug-likeness (QED) is 0.720. The second kappa shape index (κ2) is 3.19. The SMILES string of the molecule is CCc1nn(CC)cc1Br. The standard InChI is InChI=1S/C7H11BrN2/c1-3-7-6(8)5-10(4-2)9-7/h5H,3-4H2,1-2H3. The number of aryl methyl sites for hydroxylation is 2. The van der Waals surface area contributed by atoms with Crippen LogP contribution >= 0.6 is 15.9 Å². The van der Waals surface area contributed by atoms with E-state index in [1.165, 1.54) is 0 Å². The van der Waals surface area contributed by atoms with E-state index in [1.807, 2.05) is 10.9 Å². The number of aromatic nitrogens is 2. The molecular weight excluding hydrogens is 192 g/mol. The Morgan fingerprint density at radius 1 is 1.60 bits per heavy atom. The van der Waals surface area contributed by atoms with Crippen molar-refractivity contribution in [3.8, 4) is 0 Å². The highest BCUT2D eigenvalue weighted by Crippen LogP contribution is 2.14. The summed E-state index contributed by atoms with van der Waals surface area (Å²) in [6, 6.07) is 0. The van der Waals surface area contributed by atoms with Crippen LogP contribution in [0.25, 0.3) is 0 Å². The summed E-state index contributed by atoms with van der Waals surface area (Å²) in [7, 11) is 0. The molecule has 0 spiro atoms. The topological polar surface area (TPSA) is 17.8 Å². The Kier molecular flexibility index (Phi) is 2.49. The van der Waals surface area contributed by atoms with Gasteiger partial charge in [0.2, 0.25) is 0 Å². The van der Waals surface area contributed by atoms with Crippen LogP contribution in [0, 0.1) is 0 Å². The van der Waals surface area contributed by atoms with Crippen molar-refractivity contribution in [1.29, 1.82) is 0 Å². The number of nitrogens with zero attached hydrogens (tertiary/aromatic N) is 2. The van der Waals surface area contributed by atoms with Gasteiger partial charge in [-0.1, -0.05) is 6.92 Å². The molecule has 1 aromatic rings. The maximum atomic E-state index is 4.32. The molecule has 0 atom stereocenters. The summed E-state index contributed by atoms with van der Waals surface area (Å²) in [4.78, 5) is 0. The average Bonchev–Trinajstić information content (AvgIpc) is 2.30. The highest BCUT2D eigenvalue weighted by molar-refractivity contribution is 9.10. The van der Waals surface area contributed by atoms with Crippen molar-refractivity contribution in [2.24, 2.45) is 0 Å². The molecule has 0 aliphatic rings. The molecule has 1 aromatic heterocycles. The van der Waals surface area contributed by atoms with Crippen LogP contribution < -0.4 is 0 Å². The third-order valence-corrected chi connectivity index (χ3v) is 2.11. The minimum absolute atomic E-state index is 0.943. The normalized spacial score (nSPS) is 10.3. The second-order valence-electron chi connectivity index (χ2n) is 2.13. The van der Waals surface area contributed by atoms with Crippen molar-refractivity contribution < 1.29 is 0 Å². The fraction of sp³-hybridized carbons (Fsp3) is 0.571.